The Hall–Kier alpha value is -1.98. The lowest BCUT2D eigenvalue weighted by molar-refractivity contribution is -0.139. The van der Waals surface area contributed by atoms with Crippen molar-refractivity contribution in [2.24, 2.45) is 0 Å². The van der Waals surface area contributed by atoms with Gasteiger partial charge in [0.15, 0.2) is 0 Å². The third kappa shape index (κ3) is 3.24. The van der Waals surface area contributed by atoms with E-state index in [9.17, 15) is 18.4 Å². The van der Waals surface area contributed by atoms with Gasteiger partial charge < -0.3 is 10.1 Å². The van der Waals surface area contributed by atoms with Gasteiger partial charge in [-0.2, -0.15) is 0 Å². The number of benzene rings is 1. The van der Waals surface area contributed by atoms with Crippen LogP contribution in [-0.4, -0.2) is 25.5 Å². The van der Waals surface area contributed by atoms with E-state index in [1.807, 2.05) is 0 Å². The van der Waals surface area contributed by atoms with Crippen molar-refractivity contribution in [2.75, 3.05) is 13.7 Å². The number of hydrogen-bond acceptors (Lipinski definition) is 3. The molecule has 0 aromatic heterocycles. The number of aryl methyl sites for hydroxylation is 1. The van der Waals surface area contributed by atoms with Gasteiger partial charge in [-0.1, -0.05) is 0 Å². The van der Waals surface area contributed by atoms with E-state index >= 15 is 0 Å². The Morgan fingerprint density at radius 2 is 1.94 bits per heavy atom. The van der Waals surface area contributed by atoms with Gasteiger partial charge in [0.25, 0.3) is 5.91 Å². The Balaban J connectivity index is 2.82. The van der Waals surface area contributed by atoms with E-state index < -0.39 is 23.5 Å². The van der Waals surface area contributed by atoms with E-state index in [4.69, 9.17) is 0 Å². The second kappa shape index (κ2) is 5.38. The molecule has 1 aromatic rings. The van der Waals surface area contributed by atoms with E-state index in [0.29, 0.717) is 6.07 Å². The van der Waals surface area contributed by atoms with E-state index in [1.165, 1.54) is 6.92 Å². The van der Waals surface area contributed by atoms with Gasteiger partial charge in [0.2, 0.25) is 0 Å². The molecule has 0 aliphatic carbocycles. The van der Waals surface area contributed by atoms with Gasteiger partial charge >= 0.3 is 5.97 Å². The lowest BCUT2D eigenvalue weighted by Gasteiger charge is -2.06. The molecule has 0 bridgehead atoms. The number of halogens is 2. The first-order valence-electron chi connectivity index (χ1n) is 4.76. The minimum atomic E-state index is -0.976. The fraction of sp³-hybridized carbons (Fsp3) is 0.273. The van der Waals surface area contributed by atoms with Crippen molar-refractivity contribution in [2.45, 2.75) is 6.92 Å². The highest BCUT2D eigenvalue weighted by Gasteiger charge is 2.15. The number of methoxy groups -OCH3 is 1. The molecule has 0 radical (unpaired) electrons. The molecule has 0 heterocycles. The van der Waals surface area contributed by atoms with E-state index in [1.54, 1.807) is 0 Å². The molecule has 0 unspecified atom stereocenters. The molecule has 0 spiro atoms. The zero-order valence-corrected chi connectivity index (χ0v) is 9.34. The average Bonchev–Trinajstić information content (AvgIpc) is 2.30. The smallest absolute Gasteiger partial charge is 0.325 e. The molecular formula is C11H11F2NO3. The Labute approximate surface area is 96.6 Å². The molecule has 4 nitrogen and oxygen atoms in total. The average molecular weight is 243 g/mol. The standard InChI is InChI=1S/C11H11F2NO3/c1-6-3-7(9(13)4-8(6)12)11(16)14-5-10(15)17-2/h3-4H,5H2,1-2H3,(H,14,16). The summed E-state index contributed by atoms with van der Waals surface area (Å²) < 4.78 is 30.5. The largest absolute Gasteiger partial charge is 0.468 e. The monoisotopic (exact) mass is 243 g/mol. The van der Waals surface area contributed by atoms with E-state index in [-0.39, 0.29) is 17.7 Å². The normalized spacial score (nSPS) is 9.88. The van der Waals surface area contributed by atoms with Gasteiger partial charge in [-0.25, -0.2) is 8.78 Å². The summed E-state index contributed by atoms with van der Waals surface area (Å²) in [5.41, 5.74) is -0.164. The molecule has 1 rings (SSSR count). The highest BCUT2D eigenvalue weighted by atomic mass is 19.1. The van der Waals surface area contributed by atoms with Crippen LogP contribution in [0.3, 0.4) is 0 Å². The third-order valence-corrected chi connectivity index (χ3v) is 2.11. The van der Waals surface area contributed by atoms with Crippen LogP contribution in [0.5, 0.6) is 0 Å². The Morgan fingerprint density at radius 3 is 2.53 bits per heavy atom. The van der Waals surface area contributed by atoms with Crippen LogP contribution < -0.4 is 5.32 Å². The van der Waals surface area contributed by atoms with E-state index in [2.05, 4.69) is 10.1 Å². The van der Waals surface area contributed by atoms with Crippen LogP contribution in [-0.2, 0) is 9.53 Å². The predicted molar refractivity (Wildman–Crippen MR) is 55.4 cm³/mol. The summed E-state index contributed by atoms with van der Waals surface area (Å²) in [4.78, 5) is 22.2. The van der Waals surface area contributed by atoms with Crippen molar-refractivity contribution in [3.05, 3.63) is 34.9 Å². The number of rotatable bonds is 3. The number of carbonyl (C=O) groups excluding carboxylic acids is 2. The second-order valence-electron chi connectivity index (χ2n) is 3.34. The molecule has 1 aromatic carbocycles. The van der Waals surface area contributed by atoms with Crippen LogP contribution in [0.1, 0.15) is 15.9 Å². The van der Waals surface area contributed by atoms with Crippen LogP contribution in [0, 0.1) is 18.6 Å². The first-order valence-corrected chi connectivity index (χ1v) is 4.76. The molecule has 0 atom stereocenters. The molecule has 0 saturated carbocycles. The molecule has 1 amide bonds. The minimum Gasteiger partial charge on any atom is -0.468 e. The van der Waals surface area contributed by atoms with Gasteiger partial charge in [0.1, 0.15) is 18.2 Å². The minimum absolute atomic E-state index is 0.148. The zero-order chi connectivity index (χ0) is 13.0. The number of carbonyl (C=O) groups is 2. The third-order valence-electron chi connectivity index (χ3n) is 2.11. The Kier molecular flexibility index (Phi) is 4.14. The van der Waals surface area contributed by atoms with Gasteiger partial charge in [-0.15, -0.1) is 0 Å². The first-order chi connectivity index (χ1) is 7.95. The molecular weight excluding hydrogens is 232 g/mol. The van der Waals surface area contributed by atoms with Crippen LogP contribution in [0.2, 0.25) is 0 Å². The summed E-state index contributed by atoms with van der Waals surface area (Å²) in [6, 6.07) is 1.71. The summed E-state index contributed by atoms with van der Waals surface area (Å²) in [7, 11) is 1.16. The maximum absolute atomic E-state index is 13.3. The number of nitrogens with one attached hydrogen (secondary N) is 1. The van der Waals surface area contributed by atoms with Crippen molar-refractivity contribution in [3.63, 3.8) is 0 Å². The van der Waals surface area contributed by atoms with Crippen molar-refractivity contribution in [1.29, 1.82) is 0 Å². The maximum Gasteiger partial charge on any atom is 0.325 e. The molecule has 0 aliphatic rings. The van der Waals surface area contributed by atoms with Crippen LogP contribution in [0.15, 0.2) is 12.1 Å². The van der Waals surface area contributed by atoms with Crippen molar-refractivity contribution in [1.82, 2.24) is 5.32 Å². The molecule has 0 aliphatic heterocycles. The van der Waals surface area contributed by atoms with E-state index in [0.717, 1.165) is 13.2 Å². The van der Waals surface area contributed by atoms with Gasteiger partial charge in [-0.05, 0) is 18.6 Å². The summed E-state index contributed by atoms with van der Waals surface area (Å²) in [6.45, 7) is 1.04. The maximum atomic E-state index is 13.3. The summed E-state index contributed by atoms with van der Waals surface area (Å²) >= 11 is 0. The summed E-state index contributed by atoms with van der Waals surface area (Å²) in [5, 5.41) is 2.16. The van der Waals surface area contributed by atoms with Crippen molar-refractivity contribution >= 4 is 11.9 Å². The SMILES string of the molecule is COC(=O)CNC(=O)c1cc(C)c(F)cc1F. The van der Waals surface area contributed by atoms with Crippen LogP contribution >= 0.6 is 0 Å². The molecule has 17 heavy (non-hydrogen) atoms. The highest BCUT2D eigenvalue weighted by molar-refractivity contribution is 5.96. The number of hydrogen-bond donors (Lipinski definition) is 1. The fourth-order valence-corrected chi connectivity index (χ4v) is 1.15. The Bertz CT molecular complexity index is 460. The fourth-order valence-electron chi connectivity index (χ4n) is 1.15. The predicted octanol–water partition coefficient (Wildman–Crippen LogP) is 1.18. The number of amides is 1. The molecule has 0 saturated heterocycles. The second-order valence-corrected chi connectivity index (χ2v) is 3.34. The first kappa shape index (κ1) is 13.1. The summed E-state index contributed by atoms with van der Waals surface area (Å²) in [6.07, 6.45) is 0. The number of ether oxygens (including phenoxy) is 1. The lowest BCUT2D eigenvalue weighted by Crippen LogP contribution is -2.30. The molecule has 1 N–H and O–H groups in total. The molecule has 6 heteroatoms. The topological polar surface area (TPSA) is 55.4 Å². The number of esters is 1. The van der Waals surface area contributed by atoms with Crippen LogP contribution in [0.25, 0.3) is 0 Å². The molecule has 0 fully saturated rings. The molecule has 92 valence electrons. The van der Waals surface area contributed by atoms with Crippen molar-refractivity contribution in [3.8, 4) is 0 Å². The summed E-state index contributed by atoms with van der Waals surface area (Å²) in [5.74, 6) is -3.16. The Morgan fingerprint density at radius 1 is 1.29 bits per heavy atom. The van der Waals surface area contributed by atoms with Crippen LogP contribution in [0.4, 0.5) is 8.78 Å². The quantitative estimate of drug-likeness (QED) is 0.811. The zero-order valence-electron chi connectivity index (χ0n) is 9.34. The van der Waals surface area contributed by atoms with Gasteiger partial charge in [0.05, 0.1) is 12.7 Å². The van der Waals surface area contributed by atoms with Gasteiger partial charge in [0, 0.05) is 6.07 Å². The van der Waals surface area contributed by atoms with Crippen molar-refractivity contribution < 1.29 is 23.1 Å². The lowest BCUT2D eigenvalue weighted by atomic mass is 10.1. The van der Waals surface area contributed by atoms with Gasteiger partial charge in [-0.3, -0.25) is 9.59 Å². The highest BCUT2D eigenvalue weighted by Crippen LogP contribution is 2.13.